The maximum atomic E-state index is 12.4. The molecule has 0 spiro atoms. The minimum absolute atomic E-state index is 0.252. The second-order valence-corrected chi connectivity index (χ2v) is 8.09. The molecule has 1 aliphatic heterocycles. The fourth-order valence-corrected chi connectivity index (χ4v) is 4.22. The van der Waals surface area contributed by atoms with Gasteiger partial charge in [-0.2, -0.15) is 0 Å². The summed E-state index contributed by atoms with van der Waals surface area (Å²) in [5.74, 6) is 1.12. The summed E-state index contributed by atoms with van der Waals surface area (Å²) in [6.45, 7) is 4.99. The number of amides is 1. The number of benzene rings is 2. The molecule has 2 N–H and O–H groups in total. The Balaban J connectivity index is 1.86. The molecular formula is C23H23BrN2O3. The van der Waals surface area contributed by atoms with E-state index in [-0.39, 0.29) is 6.79 Å². The minimum atomic E-state index is -0.401. The van der Waals surface area contributed by atoms with Gasteiger partial charge in [0, 0.05) is 28.0 Å². The van der Waals surface area contributed by atoms with Crippen molar-refractivity contribution in [2.45, 2.75) is 33.2 Å². The molecular weight excluding hydrogens is 432 g/mol. The SMILES string of the molecule is CCCc1c(-c2ccc(Br)cc2)c(C(N)=O)c(C)n1Cc1ccc2c(c1)OCO2. The molecule has 0 atom stereocenters. The van der Waals surface area contributed by atoms with E-state index in [1.165, 1.54) is 0 Å². The third-order valence-corrected chi connectivity index (χ3v) is 5.80. The normalized spacial score (nSPS) is 12.4. The van der Waals surface area contributed by atoms with Gasteiger partial charge in [-0.05, 0) is 48.7 Å². The predicted molar refractivity (Wildman–Crippen MR) is 116 cm³/mol. The van der Waals surface area contributed by atoms with Crippen molar-refractivity contribution in [1.29, 1.82) is 0 Å². The highest BCUT2D eigenvalue weighted by Gasteiger charge is 2.25. The zero-order valence-electron chi connectivity index (χ0n) is 16.5. The molecule has 5 nitrogen and oxygen atoms in total. The highest BCUT2D eigenvalue weighted by molar-refractivity contribution is 9.10. The highest BCUT2D eigenvalue weighted by atomic mass is 79.9. The molecule has 6 heteroatoms. The van der Waals surface area contributed by atoms with Gasteiger partial charge in [0.2, 0.25) is 6.79 Å². The summed E-state index contributed by atoms with van der Waals surface area (Å²) in [4.78, 5) is 12.4. The van der Waals surface area contributed by atoms with Gasteiger partial charge in [-0.15, -0.1) is 0 Å². The second kappa shape index (κ2) is 7.95. The van der Waals surface area contributed by atoms with Crippen LogP contribution in [-0.4, -0.2) is 17.3 Å². The summed E-state index contributed by atoms with van der Waals surface area (Å²) in [6, 6.07) is 14.0. The van der Waals surface area contributed by atoms with Gasteiger partial charge in [0.25, 0.3) is 5.91 Å². The average Bonchev–Trinajstić information content (AvgIpc) is 3.26. The molecule has 2 aromatic carbocycles. The number of halogens is 1. The lowest BCUT2D eigenvalue weighted by molar-refractivity contribution is 0.1000. The zero-order chi connectivity index (χ0) is 20.5. The van der Waals surface area contributed by atoms with Gasteiger partial charge in [0.05, 0.1) is 5.56 Å². The van der Waals surface area contributed by atoms with Crippen molar-refractivity contribution in [1.82, 2.24) is 4.57 Å². The predicted octanol–water partition coefficient (Wildman–Crippen LogP) is 5.05. The molecule has 0 unspecified atom stereocenters. The van der Waals surface area contributed by atoms with Gasteiger partial charge in [0.1, 0.15) is 0 Å². The van der Waals surface area contributed by atoms with E-state index in [0.29, 0.717) is 12.1 Å². The van der Waals surface area contributed by atoms with E-state index in [4.69, 9.17) is 15.2 Å². The van der Waals surface area contributed by atoms with Gasteiger partial charge >= 0.3 is 0 Å². The van der Waals surface area contributed by atoms with Crippen LogP contribution in [0.4, 0.5) is 0 Å². The van der Waals surface area contributed by atoms with Crippen LogP contribution in [-0.2, 0) is 13.0 Å². The van der Waals surface area contributed by atoms with E-state index >= 15 is 0 Å². The molecule has 1 aromatic heterocycles. The molecule has 0 bridgehead atoms. The number of nitrogens with two attached hydrogens (primary N) is 1. The molecule has 1 amide bonds. The highest BCUT2D eigenvalue weighted by Crippen LogP contribution is 2.36. The molecule has 2 heterocycles. The van der Waals surface area contributed by atoms with Crippen LogP contribution in [0.3, 0.4) is 0 Å². The largest absolute Gasteiger partial charge is 0.454 e. The standard InChI is InChI=1S/C23H23BrN2O3/c1-3-4-18-22(16-6-8-17(24)9-7-16)21(23(25)27)14(2)26(18)12-15-5-10-19-20(11-15)29-13-28-19/h5-11H,3-4,12-13H2,1-2H3,(H2,25,27). The van der Waals surface area contributed by atoms with E-state index < -0.39 is 5.91 Å². The summed E-state index contributed by atoms with van der Waals surface area (Å²) in [5, 5.41) is 0. The number of carbonyl (C=O) groups is 1. The number of carbonyl (C=O) groups excluding carboxylic acids is 1. The Bertz CT molecular complexity index is 1070. The van der Waals surface area contributed by atoms with Crippen molar-refractivity contribution in [2.24, 2.45) is 5.73 Å². The number of hydrogen-bond donors (Lipinski definition) is 1. The monoisotopic (exact) mass is 454 g/mol. The quantitative estimate of drug-likeness (QED) is 0.566. The van der Waals surface area contributed by atoms with Crippen LogP contribution < -0.4 is 15.2 Å². The number of rotatable bonds is 6. The van der Waals surface area contributed by atoms with Crippen molar-refractivity contribution >= 4 is 21.8 Å². The number of ether oxygens (including phenoxy) is 2. The van der Waals surface area contributed by atoms with Crippen molar-refractivity contribution in [2.75, 3.05) is 6.79 Å². The Morgan fingerprint density at radius 2 is 1.86 bits per heavy atom. The molecule has 0 fully saturated rings. The lowest BCUT2D eigenvalue weighted by Gasteiger charge is -2.13. The molecule has 150 valence electrons. The Kier molecular flexibility index (Phi) is 5.37. The zero-order valence-corrected chi connectivity index (χ0v) is 18.1. The summed E-state index contributed by atoms with van der Waals surface area (Å²) in [5.41, 5.74) is 11.5. The first-order valence-corrected chi connectivity index (χ1v) is 10.4. The lowest BCUT2D eigenvalue weighted by atomic mass is 9.98. The third kappa shape index (κ3) is 3.65. The molecule has 0 saturated heterocycles. The van der Waals surface area contributed by atoms with Crippen LogP contribution in [0.5, 0.6) is 11.5 Å². The average molecular weight is 455 g/mol. The Labute approximate surface area is 178 Å². The van der Waals surface area contributed by atoms with Crippen LogP contribution in [0.15, 0.2) is 46.9 Å². The molecule has 4 rings (SSSR count). The van der Waals surface area contributed by atoms with Crippen LogP contribution in [0.1, 0.15) is 40.7 Å². The summed E-state index contributed by atoms with van der Waals surface area (Å²) in [6.07, 6.45) is 1.82. The number of primary amides is 1. The Morgan fingerprint density at radius 3 is 2.55 bits per heavy atom. The van der Waals surface area contributed by atoms with Crippen molar-refractivity contribution in [3.05, 3.63) is 69.5 Å². The number of aromatic nitrogens is 1. The van der Waals surface area contributed by atoms with Crippen LogP contribution in [0.25, 0.3) is 11.1 Å². The Hall–Kier alpha value is -2.73. The number of nitrogens with zero attached hydrogens (tertiary/aromatic N) is 1. The smallest absolute Gasteiger partial charge is 0.251 e. The van der Waals surface area contributed by atoms with Crippen LogP contribution in [0, 0.1) is 6.92 Å². The summed E-state index contributed by atoms with van der Waals surface area (Å²) in [7, 11) is 0. The molecule has 1 aliphatic rings. The summed E-state index contributed by atoms with van der Waals surface area (Å²) >= 11 is 3.48. The maximum absolute atomic E-state index is 12.4. The second-order valence-electron chi connectivity index (χ2n) is 7.18. The number of fused-ring (bicyclic) bond motifs is 1. The van der Waals surface area contributed by atoms with Gasteiger partial charge in [0.15, 0.2) is 11.5 Å². The van der Waals surface area contributed by atoms with Crippen LogP contribution >= 0.6 is 15.9 Å². The molecule has 0 radical (unpaired) electrons. The van der Waals surface area contributed by atoms with E-state index in [9.17, 15) is 4.79 Å². The van der Waals surface area contributed by atoms with E-state index in [0.717, 1.165) is 56.9 Å². The van der Waals surface area contributed by atoms with Crippen molar-refractivity contribution in [3.8, 4) is 22.6 Å². The molecule has 29 heavy (non-hydrogen) atoms. The third-order valence-electron chi connectivity index (χ3n) is 5.27. The lowest BCUT2D eigenvalue weighted by Crippen LogP contribution is -2.13. The van der Waals surface area contributed by atoms with Crippen molar-refractivity contribution in [3.63, 3.8) is 0 Å². The Morgan fingerprint density at radius 1 is 1.14 bits per heavy atom. The van der Waals surface area contributed by atoms with Gasteiger partial charge in [-0.1, -0.05) is 47.5 Å². The molecule has 0 aliphatic carbocycles. The van der Waals surface area contributed by atoms with Gasteiger partial charge < -0.3 is 19.8 Å². The summed E-state index contributed by atoms with van der Waals surface area (Å²) < 4.78 is 14.1. The first kappa shape index (κ1) is 19.6. The van der Waals surface area contributed by atoms with Crippen LogP contribution in [0.2, 0.25) is 0 Å². The molecule has 0 saturated carbocycles. The van der Waals surface area contributed by atoms with Crippen molar-refractivity contribution < 1.29 is 14.3 Å². The first-order chi connectivity index (χ1) is 14.0. The maximum Gasteiger partial charge on any atom is 0.251 e. The van der Waals surface area contributed by atoms with Gasteiger partial charge in [-0.3, -0.25) is 4.79 Å². The fourth-order valence-electron chi connectivity index (χ4n) is 3.96. The van der Waals surface area contributed by atoms with E-state index in [1.54, 1.807) is 0 Å². The first-order valence-electron chi connectivity index (χ1n) is 9.65. The molecule has 3 aromatic rings. The number of hydrogen-bond acceptors (Lipinski definition) is 3. The van der Waals surface area contributed by atoms with Gasteiger partial charge in [-0.25, -0.2) is 0 Å². The minimum Gasteiger partial charge on any atom is -0.454 e. The fraction of sp³-hybridized carbons (Fsp3) is 0.261. The van der Waals surface area contributed by atoms with E-state index in [2.05, 4.69) is 27.4 Å². The van der Waals surface area contributed by atoms with E-state index in [1.807, 2.05) is 49.4 Å². The topological polar surface area (TPSA) is 66.5 Å².